The lowest BCUT2D eigenvalue weighted by atomic mass is 9.98. The average molecular weight is 446 g/mol. The van der Waals surface area contributed by atoms with Crippen molar-refractivity contribution in [3.05, 3.63) is 102 Å². The van der Waals surface area contributed by atoms with E-state index in [1.165, 1.54) is 16.3 Å². The highest BCUT2D eigenvalue weighted by molar-refractivity contribution is 5.99. The topological polar surface area (TPSA) is 47.3 Å². The lowest BCUT2D eigenvalue weighted by Crippen LogP contribution is -2.36. The van der Waals surface area contributed by atoms with Crippen LogP contribution in [0, 0.1) is 11.3 Å². The molecule has 0 unspecified atom stereocenters. The maximum Gasteiger partial charge on any atom is 0.227 e. The smallest absolute Gasteiger partial charge is 0.227 e. The number of carbonyl (C=O) groups is 1. The molecule has 0 N–H and O–H groups in total. The van der Waals surface area contributed by atoms with Crippen LogP contribution in [-0.2, 0) is 17.6 Å². The molecule has 0 fully saturated rings. The molecule has 168 valence electrons. The first-order valence-corrected chi connectivity index (χ1v) is 11.8. The third kappa shape index (κ3) is 4.25. The number of fused-ring (bicyclic) bond motifs is 2. The quantitative estimate of drug-likeness (QED) is 0.357. The Morgan fingerprint density at radius 1 is 0.971 bits per heavy atom. The molecule has 4 aromatic rings. The van der Waals surface area contributed by atoms with Crippen molar-refractivity contribution in [2.75, 3.05) is 23.4 Å². The van der Waals surface area contributed by atoms with Crippen LogP contribution in [0.25, 0.3) is 10.8 Å². The number of amides is 1. The van der Waals surface area contributed by atoms with Crippen LogP contribution in [-0.4, -0.2) is 19.5 Å². The summed E-state index contributed by atoms with van der Waals surface area (Å²) in [4.78, 5) is 17.6. The molecule has 1 heterocycles. The Bertz CT molecular complexity index is 1380. The lowest BCUT2D eigenvalue weighted by Gasteiger charge is -2.34. The van der Waals surface area contributed by atoms with Crippen LogP contribution >= 0.6 is 0 Å². The van der Waals surface area contributed by atoms with Gasteiger partial charge in [-0.05, 0) is 71.5 Å². The minimum absolute atomic E-state index is 0.143. The molecule has 0 aromatic heterocycles. The minimum atomic E-state index is 0.143. The van der Waals surface area contributed by atoms with Crippen molar-refractivity contribution in [1.82, 2.24) is 0 Å². The summed E-state index contributed by atoms with van der Waals surface area (Å²) in [6.45, 7) is 0.738. The second-order valence-electron chi connectivity index (χ2n) is 8.83. The lowest BCUT2D eigenvalue weighted by molar-refractivity contribution is -0.118. The zero-order valence-corrected chi connectivity index (χ0v) is 19.4. The zero-order valence-electron chi connectivity index (χ0n) is 19.4. The van der Waals surface area contributed by atoms with Crippen LogP contribution in [0.15, 0.2) is 84.9 Å². The van der Waals surface area contributed by atoms with Gasteiger partial charge in [-0.1, -0.05) is 54.6 Å². The van der Waals surface area contributed by atoms with Gasteiger partial charge in [-0.25, -0.2) is 0 Å². The summed E-state index contributed by atoms with van der Waals surface area (Å²) in [5, 5.41) is 11.4. The number of anilines is 3. The van der Waals surface area contributed by atoms with Gasteiger partial charge in [0.1, 0.15) is 0 Å². The second-order valence-corrected chi connectivity index (χ2v) is 8.83. The number of nitrogens with zero attached hydrogens (tertiary/aromatic N) is 3. The Balaban J connectivity index is 1.42. The van der Waals surface area contributed by atoms with Crippen LogP contribution in [0.3, 0.4) is 0 Å². The molecule has 4 heteroatoms. The third-order valence-corrected chi connectivity index (χ3v) is 6.69. The third-order valence-electron chi connectivity index (χ3n) is 6.69. The summed E-state index contributed by atoms with van der Waals surface area (Å²) in [7, 11) is 2.08. The van der Waals surface area contributed by atoms with Gasteiger partial charge < -0.3 is 9.80 Å². The molecule has 0 saturated carbocycles. The van der Waals surface area contributed by atoms with Gasteiger partial charge in [0.25, 0.3) is 0 Å². The van der Waals surface area contributed by atoms with Crippen molar-refractivity contribution in [3.8, 4) is 6.07 Å². The van der Waals surface area contributed by atoms with Crippen LogP contribution in [0.5, 0.6) is 0 Å². The van der Waals surface area contributed by atoms with Crippen molar-refractivity contribution in [1.29, 1.82) is 5.26 Å². The molecule has 1 amide bonds. The molecule has 34 heavy (non-hydrogen) atoms. The van der Waals surface area contributed by atoms with Gasteiger partial charge in [-0.15, -0.1) is 0 Å². The predicted molar refractivity (Wildman–Crippen MR) is 139 cm³/mol. The molecular weight excluding hydrogens is 418 g/mol. The first kappa shape index (κ1) is 21.7. The van der Waals surface area contributed by atoms with Crippen molar-refractivity contribution >= 4 is 33.7 Å². The van der Waals surface area contributed by atoms with E-state index in [-0.39, 0.29) is 5.91 Å². The standard InChI is InChI=1S/C30H27N3O/c1-32(27-17-16-24-6-2-3-7-26(24)20-27)28-10-4-8-25-9-5-19-33(30(25)28)29(34)18-15-22-11-13-23(21-31)14-12-22/h2-4,6-8,10-14,16-17,20H,5,9,15,18-19H2,1H3. The molecule has 0 saturated heterocycles. The SMILES string of the molecule is CN(c1ccc2ccccc2c1)c1cccc2c1N(C(=O)CCc1ccc(C#N)cc1)CCC2. The van der Waals surface area contributed by atoms with E-state index in [2.05, 4.69) is 78.7 Å². The van der Waals surface area contributed by atoms with Gasteiger partial charge in [0.05, 0.1) is 23.0 Å². The molecular formula is C30H27N3O. The number of benzene rings is 4. The molecule has 1 aliphatic heterocycles. The summed E-state index contributed by atoms with van der Waals surface area (Å²) in [5.74, 6) is 0.143. The number of hydrogen-bond acceptors (Lipinski definition) is 3. The minimum Gasteiger partial charge on any atom is -0.343 e. The highest BCUT2D eigenvalue weighted by Gasteiger charge is 2.26. The van der Waals surface area contributed by atoms with Crippen molar-refractivity contribution < 1.29 is 4.79 Å². The van der Waals surface area contributed by atoms with Crippen LogP contribution < -0.4 is 9.80 Å². The van der Waals surface area contributed by atoms with Gasteiger partial charge in [-0.2, -0.15) is 5.26 Å². The molecule has 1 aliphatic rings. The van der Waals surface area contributed by atoms with E-state index < -0.39 is 0 Å². The number of para-hydroxylation sites is 1. The van der Waals surface area contributed by atoms with Crippen LogP contribution in [0.4, 0.5) is 17.1 Å². The van der Waals surface area contributed by atoms with E-state index in [0.717, 1.165) is 42.0 Å². The van der Waals surface area contributed by atoms with Crippen molar-refractivity contribution in [2.24, 2.45) is 0 Å². The van der Waals surface area contributed by atoms with Crippen molar-refractivity contribution in [2.45, 2.75) is 25.7 Å². The maximum absolute atomic E-state index is 13.4. The molecule has 4 nitrogen and oxygen atoms in total. The average Bonchev–Trinajstić information content (AvgIpc) is 2.90. The van der Waals surface area contributed by atoms with Gasteiger partial charge in [0.15, 0.2) is 0 Å². The fraction of sp³-hybridized carbons (Fsp3) is 0.200. The number of nitriles is 1. The van der Waals surface area contributed by atoms with Crippen LogP contribution in [0.2, 0.25) is 0 Å². The van der Waals surface area contributed by atoms with Gasteiger partial charge in [0, 0.05) is 25.7 Å². The number of hydrogen-bond donors (Lipinski definition) is 0. The second kappa shape index (κ2) is 9.41. The van der Waals surface area contributed by atoms with Crippen LogP contribution in [0.1, 0.15) is 29.5 Å². The van der Waals surface area contributed by atoms with Gasteiger partial charge in [0.2, 0.25) is 5.91 Å². The summed E-state index contributed by atoms with van der Waals surface area (Å²) in [6.07, 6.45) is 3.06. The van der Waals surface area contributed by atoms with E-state index in [9.17, 15) is 4.79 Å². The fourth-order valence-electron chi connectivity index (χ4n) is 4.81. The maximum atomic E-state index is 13.4. The first-order chi connectivity index (χ1) is 16.6. The van der Waals surface area contributed by atoms with E-state index >= 15 is 0 Å². The molecule has 0 aliphatic carbocycles. The Morgan fingerprint density at radius 2 is 1.76 bits per heavy atom. The van der Waals surface area contributed by atoms with Gasteiger partial charge in [-0.3, -0.25) is 4.79 Å². The summed E-state index contributed by atoms with van der Waals surface area (Å²) in [6, 6.07) is 30.9. The zero-order chi connectivity index (χ0) is 23.5. The highest BCUT2D eigenvalue weighted by atomic mass is 16.2. The predicted octanol–water partition coefficient (Wildman–Crippen LogP) is 6.39. The Kier molecular flexibility index (Phi) is 6.01. The summed E-state index contributed by atoms with van der Waals surface area (Å²) in [5.41, 5.74) is 6.13. The van der Waals surface area contributed by atoms with E-state index in [4.69, 9.17) is 5.26 Å². The number of aryl methyl sites for hydroxylation is 2. The summed E-state index contributed by atoms with van der Waals surface area (Å²) >= 11 is 0. The van der Waals surface area contributed by atoms with E-state index in [1.54, 1.807) is 0 Å². The largest absolute Gasteiger partial charge is 0.343 e. The molecule has 4 aromatic carbocycles. The Morgan fingerprint density at radius 3 is 2.56 bits per heavy atom. The summed E-state index contributed by atoms with van der Waals surface area (Å²) < 4.78 is 0. The molecule has 0 bridgehead atoms. The highest BCUT2D eigenvalue weighted by Crippen LogP contribution is 2.40. The Labute approximate surface area is 200 Å². The van der Waals surface area contributed by atoms with Gasteiger partial charge >= 0.3 is 0 Å². The first-order valence-electron chi connectivity index (χ1n) is 11.8. The molecule has 5 rings (SSSR count). The Hall–Kier alpha value is -4.10. The number of carbonyl (C=O) groups excluding carboxylic acids is 1. The monoisotopic (exact) mass is 445 g/mol. The number of rotatable bonds is 5. The van der Waals surface area contributed by atoms with E-state index in [1.807, 2.05) is 29.2 Å². The van der Waals surface area contributed by atoms with E-state index in [0.29, 0.717) is 18.4 Å². The molecule has 0 spiro atoms. The molecule has 0 radical (unpaired) electrons. The normalized spacial score (nSPS) is 12.8. The fourth-order valence-corrected chi connectivity index (χ4v) is 4.81. The van der Waals surface area contributed by atoms with Crippen molar-refractivity contribution in [3.63, 3.8) is 0 Å². The molecule has 0 atom stereocenters.